The number of hydrogen-bond acceptors (Lipinski definition) is 6. The lowest BCUT2D eigenvalue weighted by Gasteiger charge is -2.24. The van der Waals surface area contributed by atoms with Crippen molar-refractivity contribution in [1.29, 1.82) is 0 Å². The fourth-order valence-corrected chi connectivity index (χ4v) is 3.30. The molecular formula is C22H29N5O. The fourth-order valence-electron chi connectivity index (χ4n) is 3.30. The fraction of sp³-hybridized carbons (Fsp3) is 0.409. The van der Waals surface area contributed by atoms with Crippen molar-refractivity contribution < 1.29 is 4.74 Å². The molecule has 3 rings (SSSR count). The first-order chi connectivity index (χ1) is 13.7. The number of aliphatic imine (C=N–C) groups is 1. The summed E-state index contributed by atoms with van der Waals surface area (Å²) in [4.78, 5) is 13.6. The number of allylic oxidation sites excluding steroid dienone is 1. The number of nitrogens with one attached hydrogen (secondary N) is 1. The van der Waals surface area contributed by atoms with Crippen molar-refractivity contribution in [2.24, 2.45) is 10.7 Å². The lowest BCUT2D eigenvalue weighted by Crippen LogP contribution is -2.27. The third kappa shape index (κ3) is 5.39. The van der Waals surface area contributed by atoms with Gasteiger partial charge in [-0.25, -0.2) is 0 Å². The van der Waals surface area contributed by atoms with Crippen LogP contribution in [-0.2, 0) is 11.2 Å². The van der Waals surface area contributed by atoms with Crippen molar-refractivity contribution in [2.45, 2.75) is 45.6 Å². The largest absolute Gasteiger partial charge is 0.404 e. The highest BCUT2D eigenvalue weighted by Gasteiger charge is 2.14. The topological polar surface area (TPSA) is 85.4 Å². The summed E-state index contributed by atoms with van der Waals surface area (Å²) in [7, 11) is 0. The highest BCUT2D eigenvalue weighted by molar-refractivity contribution is 6.10. The van der Waals surface area contributed by atoms with Crippen LogP contribution in [0.25, 0.3) is 5.57 Å². The van der Waals surface area contributed by atoms with Gasteiger partial charge in [0.15, 0.2) is 0 Å². The monoisotopic (exact) mass is 379 g/mol. The molecular weight excluding hydrogens is 350 g/mol. The zero-order valence-corrected chi connectivity index (χ0v) is 16.7. The molecule has 0 unspecified atom stereocenters. The van der Waals surface area contributed by atoms with E-state index in [2.05, 4.69) is 33.3 Å². The Hall–Kier alpha value is -2.73. The van der Waals surface area contributed by atoms with E-state index in [-0.39, 0.29) is 0 Å². The number of ether oxygens (including phenoxy) is 1. The number of anilines is 1. The molecule has 2 aromatic rings. The Morgan fingerprint density at radius 3 is 2.86 bits per heavy atom. The molecule has 0 amide bonds. The molecule has 1 saturated heterocycles. The van der Waals surface area contributed by atoms with Gasteiger partial charge in [-0.05, 0) is 49.9 Å². The van der Waals surface area contributed by atoms with E-state index < -0.39 is 0 Å². The van der Waals surface area contributed by atoms with Crippen molar-refractivity contribution in [1.82, 2.24) is 9.97 Å². The van der Waals surface area contributed by atoms with Crippen molar-refractivity contribution in [3.05, 3.63) is 53.7 Å². The summed E-state index contributed by atoms with van der Waals surface area (Å²) < 4.78 is 5.42. The first-order valence-electron chi connectivity index (χ1n) is 9.91. The van der Waals surface area contributed by atoms with Gasteiger partial charge in [0.05, 0.1) is 23.3 Å². The van der Waals surface area contributed by atoms with E-state index in [1.807, 2.05) is 25.3 Å². The van der Waals surface area contributed by atoms with E-state index in [1.54, 1.807) is 18.6 Å². The lowest BCUT2D eigenvalue weighted by atomic mass is 10.1. The molecule has 3 N–H and O–H groups in total. The van der Waals surface area contributed by atoms with Gasteiger partial charge >= 0.3 is 0 Å². The second-order valence-corrected chi connectivity index (χ2v) is 7.06. The maximum absolute atomic E-state index is 5.87. The Balaban J connectivity index is 1.72. The van der Waals surface area contributed by atoms with Crippen molar-refractivity contribution >= 4 is 23.2 Å². The molecule has 148 valence electrons. The number of pyridine rings is 2. The van der Waals surface area contributed by atoms with Crippen LogP contribution in [0.1, 0.15) is 43.1 Å². The van der Waals surface area contributed by atoms with Crippen LogP contribution >= 0.6 is 0 Å². The third-order valence-corrected chi connectivity index (χ3v) is 4.78. The molecule has 0 spiro atoms. The minimum absolute atomic E-state index is 0.441. The molecule has 0 atom stereocenters. The number of hydrogen-bond donors (Lipinski definition) is 2. The summed E-state index contributed by atoms with van der Waals surface area (Å²) >= 11 is 0. The number of nitrogens with two attached hydrogens (primary N) is 1. The highest BCUT2D eigenvalue weighted by atomic mass is 16.5. The molecule has 0 aromatic carbocycles. The van der Waals surface area contributed by atoms with Crippen LogP contribution < -0.4 is 11.1 Å². The minimum atomic E-state index is 0.441. The van der Waals surface area contributed by atoms with Gasteiger partial charge < -0.3 is 15.8 Å². The Morgan fingerprint density at radius 1 is 1.32 bits per heavy atom. The molecule has 2 aromatic heterocycles. The predicted molar refractivity (Wildman–Crippen MR) is 115 cm³/mol. The molecule has 3 heterocycles. The van der Waals surface area contributed by atoms with Gasteiger partial charge in [-0.2, -0.15) is 0 Å². The van der Waals surface area contributed by atoms with Crippen molar-refractivity contribution in [3.8, 4) is 0 Å². The molecule has 0 radical (unpaired) electrons. The highest BCUT2D eigenvalue weighted by Crippen LogP contribution is 2.21. The second-order valence-electron chi connectivity index (χ2n) is 7.06. The van der Waals surface area contributed by atoms with Gasteiger partial charge in [0, 0.05) is 49.1 Å². The van der Waals surface area contributed by atoms with Crippen LogP contribution in [0, 0.1) is 6.92 Å². The second kappa shape index (κ2) is 9.99. The van der Waals surface area contributed by atoms with E-state index in [0.717, 1.165) is 72.8 Å². The van der Waals surface area contributed by atoms with Gasteiger partial charge in [-0.1, -0.05) is 13.3 Å². The summed E-state index contributed by atoms with van der Waals surface area (Å²) in [6.45, 7) is 5.81. The van der Waals surface area contributed by atoms with Crippen LogP contribution in [0.15, 0.2) is 41.8 Å². The maximum Gasteiger partial charge on any atom is 0.0762 e. The van der Waals surface area contributed by atoms with Gasteiger partial charge in [-0.15, -0.1) is 0 Å². The van der Waals surface area contributed by atoms with Gasteiger partial charge in [0.2, 0.25) is 0 Å². The first kappa shape index (κ1) is 20.0. The summed E-state index contributed by atoms with van der Waals surface area (Å²) in [6.07, 6.45) is 11.0. The zero-order valence-electron chi connectivity index (χ0n) is 16.7. The Labute approximate surface area is 167 Å². The lowest BCUT2D eigenvalue weighted by molar-refractivity contribution is 0.0904. The normalized spacial score (nSPS) is 15.9. The summed E-state index contributed by atoms with van der Waals surface area (Å²) in [5.74, 6) is 0. The summed E-state index contributed by atoms with van der Waals surface area (Å²) in [5, 5.41) is 3.55. The van der Waals surface area contributed by atoms with E-state index in [9.17, 15) is 0 Å². The Bertz CT molecular complexity index is 841. The Kier molecular flexibility index (Phi) is 7.14. The Morgan fingerprint density at radius 2 is 2.14 bits per heavy atom. The standard InChI is InChI=1S/C22H29N5O/c1-3-4-19-12-20(5-8-24-19)25-14-17(13-23)22-16(2)11-21(15-26-22)27-18-6-9-28-10-7-18/h5,8,11-15,18,27H,3-4,6-7,9-10,23H2,1-2H3. The van der Waals surface area contributed by atoms with Crippen LogP contribution in [-0.4, -0.2) is 35.4 Å². The predicted octanol–water partition coefficient (Wildman–Crippen LogP) is 4.03. The van der Waals surface area contributed by atoms with Crippen molar-refractivity contribution in [2.75, 3.05) is 18.5 Å². The van der Waals surface area contributed by atoms with Crippen LogP contribution in [0.3, 0.4) is 0 Å². The van der Waals surface area contributed by atoms with E-state index in [4.69, 9.17) is 10.5 Å². The smallest absolute Gasteiger partial charge is 0.0762 e. The molecule has 1 aliphatic rings. The average Bonchev–Trinajstić information content (AvgIpc) is 2.71. The van der Waals surface area contributed by atoms with Crippen LogP contribution in [0.5, 0.6) is 0 Å². The molecule has 0 aliphatic carbocycles. The maximum atomic E-state index is 5.87. The third-order valence-electron chi connectivity index (χ3n) is 4.78. The molecule has 28 heavy (non-hydrogen) atoms. The molecule has 6 heteroatoms. The summed E-state index contributed by atoms with van der Waals surface area (Å²) in [6, 6.07) is 6.46. The van der Waals surface area contributed by atoms with Gasteiger partial charge in [0.25, 0.3) is 0 Å². The summed E-state index contributed by atoms with van der Waals surface area (Å²) in [5.41, 5.74) is 11.5. The number of aromatic nitrogens is 2. The molecule has 6 nitrogen and oxygen atoms in total. The number of aryl methyl sites for hydroxylation is 2. The average molecular weight is 380 g/mol. The van der Waals surface area contributed by atoms with Gasteiger partial charge in [0.1, 0.15) is 0 Å². The molecule has 0 bridgehead atoms. The van der Waals surface area contributed by atoms with Crippen LogP contribution in [0.2, 0.25) is 0 Å². The molecule has 1 fully saturated rings. The SMILES string of the molecule is CCCc1cc(N=CC(=CN)c2ncc(NC3CCOCC3)cc2C)ccn1. The number of rotatable bonds is 7. The van der Waals surface area contributed by atoms with E-state index >= 15 is 0 Å². The van der Waals surface area contributed by atoms with E-state index in [0.29, 0.717) is 6.04 Å². The van der Waals surface area contributed by atoms with E-state index in [1.165, 1.54) is 0 Å². The van der Waals surface area contributed by atoms with Crippen LogP contribution in [0.4, 0.5) is 11.4 Å². The first-order valence-corrected chi connectivity index (χ1v) is 9.91. The van der Waals surface area contributed by atoms with Crippen molar-refractivity contribution in [3.63, 3.8) is 0 Å². The molecule has 0 saturated carbocycles. The minimum Gasteiger partial charge on any atom is -0.404 e. The number of nitrogens with zero attached hydrogens (tertiary/aromatic N) is 3. The van der Waals surface area contributed by atoms with Gasteiger partial charge in [-0.3, -0.25) is 15.0 Å². The zero-order chi connectivity index (χ0) is 19.8. The molecule has 1 aliphatic heterocycles. The quantitative estimate of drug-likeness (QED) is 0.710.